The lowest BCUT2D eigenvalue weighted by Gasteiger charge is -2.39. The number of carbonyl (C=O) groups excluding carboxylic acids is 2. The third-order valence-electron chi connectivity index (χ3n) is 6.95. The van der Waals surface area contributed by atoms with Crippen molar-refractivity contribution in [2.75, 3.05) is 46.3 Å². The van der Waals surface area contributed by atoms with E-state index in [4.69, 9.17) is 16.3 Å². The summed E-state index contributed by atoms with van der Waals surface area (Å²) >= 11 is 6.03. The molecule has 2 fully saturated rings. The Hall–Kier alpha value is -2.58. The Morgan fingerprint density at radius 2 is 1.77 bits per heavy atom. The Balaban J connectivity index is 1.48. The average molecular weight is 502 g/mol. The highest BCUT2D eigenvalue weighted by Crippen LogP contribution is 2.29. The Morgan fingerprint density at radius 1 is 1.09 bits per heavy atom. The summed E-state index contributed by atoms with van der Waals surface area (Å²) < 4.78 is 6.31. The summed E-state index contributed by atoms with van der Waals surface area (Å²) in [7, 11) is 2.07. The van der Waals surface area contributed by atoms with E-state index in [9.17, 15) is 9.59 Å². The van der Waals surface area contributed by atoms with Crippen LogP contribution < -0.4 is 4.74 Å². The summed E-state index contributed by atoms with van der Waals surface area (Å²) in [6.07, 6.45) is 0.825. The van der Waals surface area contributed by atoms with Gasteiger partial charge in [-0.25, -0.2) is 0 Å². The van der Waals surface area contributed by atoms with E-state index in [0.717, 1.165) is 37.6 Å². The third-order valence-corrected chi connectivity index (χ3v) is 7.20. The van der Waals surface area contributed by atoms with E-state index in [0.29, 0.717) is 36.6 Å². The number of piperidine rings is 1. The highest BCUT2D eigenvalue weighted by molar-refractivity contribution is 6.30. The van der Waals surface area contributed by atoms with Crippen LogP contribution >= 0.6 is 11.6 Å². The van der Waals surface area contributed by atoms with Gasteiger partial charge in [-0.15, -0.1) is 0 Å². The van der Waals surface area contributed by atoms with Gasteiger partial charge in [0.2, 0.25) is 5.91 Å². The van der Waals surface area contributed by atoms with Crippen molar-refractivity contribution in [2.24, 2.45) is 5.92 Å². The number of nitrogens with one attached hydrogen (secondary N) is 1. The molecule has 4 rings (SSSR count). The molecule has 0 aliphatic carbocycles. The van der Waals surface area contributed by atoms with Crippen LogP contribution in [0.1, 0.15) is 49.8 Å². The second-order valence-electron chi connectivity index (χ2n) is 10.7. The van der Waals surface area contributed by atoms with Gasteiger partial charge in [0.15, 0.2) is 0 Å². The number of hydrogen-bond donors (Lipinski definition) is 1. The Morgan fingerprint density at radius 3 is 2.40 bits per heavy atom. The molecule has 2 atom stereocenters. The van der Waals surface area contributed by atoms with Crippen molar-refractivity contribution in [3.63, 3.8) is 0 Å². The molecular formula is C26H36ClN5O3. The van der Waals surface area contributed by atoms with E-state index in [2.05, 4.69) is 42.9 Å². The summed E-state index contributed by atoms with van der Waals surface area (Å²) in [6, 6.07) is 9.12. The number of hydrogen-bond acceptors (Lipinski definition) is 5. The summed E-state index contributed by atoms with van der Waals surface area (Å²) in [5.74, 6) is 0.616. The summed E-state index contributed by atoms with van der Waals surface area (Å²) in [5, 5.41) is 7.93. The molecule has 0 unspecified atom stereocenters. The standard InChI is InChI=1S/C26H36ClN5O3/c1-26(2,3)23-16-21(28-29-23)25(34)32-10-9-22(35-20-7-5-19(27)6-8-20)18(17-32)15-24(33)31-13-11-30(4)12-14-31/h5-8,16,18,22H,9-15,17H2,1-4H3,(H,28,29)/t18-,22-/m0/s1. The first kappa shape index (κ1) is 25.5. The maximum Gasteiger partial charge on any atom is 0.274 e. The quantitative estimate of drug-likeness (QED) is 0.678. The smallest absolute Gasteiger partial charge is 0.274 e. The normalized spacial score (nSPS) is 21.7. The van der Waals surface area contributed by atoms with E-state index in [1.54, 1.807) is 12.1 Å². The monoisotopic (exact) mass is 501 g/mol. The largest absolute Gasteiger partial charge is 0.490 e. The molecular weight excluding hydrogens is 466 g/mol. The van der Waals surface area contributed by atoms with E-state index in [1.807, 2.05) is 28.0 Å². The van der Waals surface area contributed by atoms with Gasteiger partial charge in [0, 0.05) is 74.2 Å². The van der Waals surface area contributed by atoms with Crippen molar-refractivity contribution in [1.82, 2.24) is 24.9 Å². The fraction of sp³-hybridized carbons (Fsp3) is 0.577. The van der Waals surface area contributed by atoms with Crippen molar-refractivity contribution >= 4 is 23.4 Å². The molecule has 35 heavy (non-hydrogen) atoms. The maximum atomic E-state index is 13.3. The minimum absolute atomic E-state index is 0.112. The van der Waals surface area contributed by atoms with Gasteiger partial charge in [0.25, 0.3) is 5.91 Å². The fourth-order valence-corrected chi connectivity index (χ4v) is 4.75. The molecule has 2 aliphatic heterocycles. The van der Waals surface area contributed by atoms with E-state index in [-0.39, 0.29) is 29.3 Å². The predicted octanol–water partition coefficient (Wildman–Crippen LogP) is 3.43. The van der Waals surface area contributed by atoms with E-state index < -0.39 is 0 Å². The zero-order valence-corrected chi connectivity index (χ0v) is 21.8. The Kier molecular flexibility index (Phi) is 7.71. The van der Waals surface area contributed by atoms with Gasteiger partial charge in [0.1, 0.15) is 17.5 Å². The number of benzene rings is 1. The molecule has 0 saturated carbocycles. The number of amides is 2. The molecule has 0 bridgehead atoms. The molecule has 0 spiro atoms. The number of halogens is 1. The SMILES string of the molecule is CN1CCN(C(=O)C[C@H]2CN(C(=O)c3cc(C(C)(C)C)[nH]n3)CC[C@@H]2Oc2ccc(Cl)cc2)CC1. The van der Waals surface area contributed by atoms with Gasteiger partial charge < -0.3 is 19.4 Å². The first-order valence-corrected chi connectivity index (χ1v) is 12.7. The molecule has 1 aromatic heterocycles. The molecule has 2 aromatic rings. The molecule has 3 heterocycles. The average Bonchev–Trinajstić information content (AvgIpc) is 3.32. The minimum atomic E-state index is -0.166. The third kappa shape index (κ3) is 6.35. The summed E-state index contributed by atoms with van der Waals surface area (Å²) in [4.78, 5) is 32.5. The van der Waals surface area contributed by atoms with E-state index in [1.165, 1.54) is 0 Å². The number of likely N-dealkylation sites (tertiary alicyclic amines) is 1. The zero-order valence-electron chi connectivity index (χ0n) is 21.1. The summed E-state index contributed by atoms with van der Waals surface area (Å²) in [5.41, 5.74) is 1.21. The van der Waals surface area contributed by atoms with Crippen molar-refractivity contribution in [1.29, 1.82) is 0 Å². The predicted molar refractivity (Wildman–Crippen MR) is 136 cm³/mol. The topological polar surface area (TPSA) is 81.8 Å². The molecule has 8 nitrogen and oxygen atoms in total. The van der Waals surface area contributed by atoms with Crippen LogP contribution in [0.2, 0.25) is 5.02 Å². The van der Waals surface area contributed by atoms with Crippen LogP contribution in [-0.4, -0.2) is 89.1 Å². The van der Waals surface area contributed by atoms with Crippen LogP contribution in [-0.2, 0) is 10.2 Å². The number of piperazine rings is 1. The second-order valence-corrected chi connectivity index (χ2v) is 11.2. The number of H-pyrrole nitrogens is 1. The van der Waals surface area contributed by atoms with Gasteiger partial charge in [-0.1, -0.05) is 32.4 Å². The molecule has 1 aromatic carbocycles. The van der Waals surface area contributed by atoms with Gasteiger partial charge in [0.05, 0.1) is 0 Å². The van der Waals surface area contributed by atoms with Crippen molar-refractivity contribution in [2.45, 2.75) is 45.1 Å². The summed E-state index contributed by atoms with van der Waals surface area (Å²) in [6.45, 7) is 10.5. The van der Waals surface area contributed by atoms with Crippen LogP contribution in [0.25, 0.3) is 0 Å². The molecule has 9 heteroatoms. The number of rotatable bonds is 5. The fourth-order valence-electron chi connectivity index (χ4n) is 4.62. The van der Waals surface area contributed by atoms with Crippen LogP contribution in [0.15, 0.2) is 30.3 Å². The van der Waals surface area contributed by atoms with Gasteiger partial charge in [-0.3, -0.25) is 14.7 Å². The van der Waals surface area contributed by atoms with Gasteiger partial charge in [-0.05, 0) is 37.4 Å². The number of nitrogens with zero attached hydrogens (tertiary/aromatic N) is 4. The molecule has 190 valence electrons. The van der Waals surface area contributed by atoms with Crippen LogP contribution in [0.3, 0.4) is 0 Å². The van der Waals surface area contributed by atoms with Crippen LogP contribution in [0.4, 0.5) is 0 Å². The maximum absolute atomic E-state index is 13.3. The first-order chi connectivity index (χ1) is 16.6. The van der Waals surface area contributed by atoms with Crippen molar-refractivity contribution in [3.8, 4) is 5.75 Å². The number of aromatic nitrogens is 2. The second kappa shape index (κ2) is 10.6. The van der Waals surface area contributed by atoms with Crippen molar-refractivity contribution in [3.05, 3.63) is 46.7 Å². The Bertz CT molecular complexity index is 1020. The molecule has 2 saturated heterocycles. The highest BCUT2D eigenvalue weighted by Gasteiger charge is 2.36. The molecule has 1 N–H and O–H groups in total. The molecule has 0 radical (unpaired) electrons. The number of aromatic amines is 1. The highest BCUT2D eigenvalue weighted by atomic mass is 35.5. The molecule has 2 aliphatic rings. The Labute approximate surface area is 212 Å². The lowest BCUT2D eigenvalue weighted by molar-refractivity contribution is -0.135. The van der Waals surface area contributed by atoms with Gasteiger partial charge >= 0.3 is 0 Å². The number of carbonyl (C=O) groups is 2. The van der Waals surface area contributed by atoms with Crippen LogP contribution in [0.5, 0.6) is 5.75 Å². The van der Waals surface area contributed by atoms with Crippen molar-refractivity contribution < 1.29 is 14.3 Å². The minimum Gasteiger partial charge on any atom is -0.490 e. The van der Waals surface area contributed by atoms with E-state index >= 15 is 0 Å². The van der Waals surface area contributed by atoms with Gasteiger partial charge in [-0.2, -0.15) is 5.10 Å². The first-order valence-electron chi connectivity index (χ1n) is 12.3. The lowest BCUT2D eigenvalue weighted by Crippen LogP contribution is -2.51. The lowest BCUT2D eigenvalue weighted by atomic mass is 9.90. The molecule has 2 amide bonds. The van der Waals surface area contributed by atoms with Crippen LogP contribution in [0, 0.1) is 5.92 Å². The number of ether oxygens (including phenoxy) is 1. The number of likely N-dealkylation sites (N-methyl/N-ethyl adjacent to an activating group) is 1. The zero-order chi connectivity index (χ0) is 25.2.